The summed E-state index contributed by atoms with van der Waals surface area (Å²) in [4.78, 5) is 0. The summed E-state index contributed by atoms with van der Waals surface area (Å²) in [7, 11) is 0. The Bertz CT molecular complexity index is 189. The molecule has 0 aromatic carbocycles. The molecule has 0 atom stereocenters. The van der Waals surface area contributed by atoms with Crippen LogP contribution in [0.3, 0.4) is 0 Å². The Kier molecular flexibility index (Phi) is 6.61. The monoisotopic (exact) mass is 194 g/mol. The molecular weight excluding hydrogens is 168 g/mol. The van der Waals surface area contributed by atoms with Gasteiger partial charge in [0.05, 0.1) is 0 Å². The van der Waals surface area contributed by atoms with E-state index in [1.165, 1.54) is 24.8 Å². The summed E-state index contributed by atoms with van der Waals surface area (Å²) < 4.78 is 0. The zero-order valence-corrected chi connectivity index (χ0v) is 10.6. The van der Waals surface area contributed by atoms with E-state index in [4.69, 9.17) is 0 Å². The Hall–Kier alpha value is -0.520. The van der Waals surface area contributed by atoms with E-state index in [1.807, 2.05) is 0 Å². The minimum absolute atomic E-state index is 0.490. The molecule has 0 amide bonds. The number of hydrogen-bond acceptors (Lipinski definition) is 0. The summed E-state index contributed by atoms with van der Waals surface area (Å²) >= 11 is 0. The van der Waals surface area contributed by atoms with E-state index in [9.17, 15) is 0 Å². The molecule has 82 valence electrons. The fourth-order valence-electron chi connectivity index (χ4n) is 1.40. The second-order valence-electron chi connectivity index (χ2n) is 5.27. The Morgan fingerprint density at radius 1 is 1.21 bits per heavy atom. The number of allylic oxidation sites excluding steroid dienone is 4. The van der Waals surface area contributed by atoms with Crippen LogP contribution in [0.15, 0.2) is 23.8 Å². The molecule has 0 rings (SSSR count). The van der Waals surface area contributed by atoms with E-state index >= 15 is 0 Å². The summed E-state index contributed by atoms with van der Waals surface area (Å²) in [5.74, 6) is 0. The van der Waals surface area contributed by atoms with Gasteiger partial charge in [-0.2, -0.15) is 0 Å². The molecule has 0 aliphatic carbocycles. The lowest BCUT2D eigenvalue weighted by Crippen LogP contribution is -2.03. The largest absolute Gasteiger partial charge is 0.0914 e. The van der Waals surface area contributed by atoms with Crippen LogP contribution in [0.4, 0.5) is 0 Å². The van der Waals surface area contributed by atoms with Crippen LogP contribution in [-0.2, 0) is 0 Å². The smallest absolute Gasteiger partial charge is 0.0167 e. The Morgan fingerprint density at radius 2 is 1.86 bits per heavy atom. The molecule has 0 saturated heterocycles. The molecule has 14 heavy (non-hydrogen) atoms. The van der Waals surface area contributed by atoms with Crippen LogP contribution >= 0.6 is 0 Å². The first-order chi connectivity index (χ1) is 6.45. The van der Waals surface area contributed by atoms with Crippen molar-refractivity contribution >= 4 is 0 Å². The molecule has 0 unspecified atom stereocenters. The molecule has 0 aromatic rings. The molecule has 0 saturated carbocycles. The van der Waals surface area contributed by atoms with Gasteiger partial charge >= 0.3 is 0 Å². The highest BCUT2D eigenvalue weighted by Gasteiger charge is 2.08. The fraction of sp³-hybridized carbons (Fsp3) is 0.714. The van der Waals surface area contributed by atoms with E-state index in [-0.39, 0.29) is 0 Å². The lowest BCUT2D eigenvalue weighted by atomic mass is 9.89. The van der Waals surface area contributed by atoms with Gasteiger partial charge in [-0.15, -0.1) is 0 Å². The minimum Gasteiger partial charge on any atom is -0.0914 e. The molecule has 0 N–H and O–H groups in total. The van der Waals surface area contributed by atoms with Gasteiger partial charge in [-0.1, -0.05) is 44.6 Å². The molecule has 0 spiro atoms. The van der Waals surface area contributed by atoms with Crippen molar-refractivity contribution in [3.63, 3.8) is 0 Å². The predicted molar refractivity (Wildman–Crippen MR) is 66.5 cm³/mol. The third kappa shape index (κ3) is 9.57. The average molecular weight is 194 g/mol. The quantitative estimate of drug-likeness (QED) is 0.533. The highest BCUT2D eigenvalue weighted by molar-refractivity contribution is 5.01. The van der Waals surface area contributed by atoms with E-state index < -0.39 is 0 Å². The summed E-state index contributed by atoms with van der Waals surface area (Å²) in [6, 6.07) is 0. The molecule has 0 heterocycles. The highest BCUT2D eigenvalue weighted by Crippen LogP contribution is 2.22. The normalized spacial score (nSPS) is 13.9. The van der Waals surface area contributed by atoms with Crippen LogP contribution < -0.4 is 0 Å². The van der Waals surface area contributed by atoms with E-state index in [1.54, 1.807) is 0 Å². The van der Waals surface area contributed by atoms with Gasteiger partial charge in [0.15, 0.2) is 0 Å². The van der Waals surface area contributed by atoms with Gasteiger partial charge in [0.1, 0.15) is 0 Å². The first kappa shape index (κ1) is 13.5. The second kappa shape index (κ2) is 6.86. The third-order valence-electron chi connectivity index (χ3n) is 2.34. The molecule has 0 radical (unpaired) electrons. The van der Waals surface area contributed by atoms with Gasteiger partial charge in [-0.3, -0.25) is 0 Å². The van der Waals surface area contributed by atoms with Crippen molar-refractivity contribution in [1.82, 2.24) is 0 Å². The first-order valence-corrected chi connectivity index (χ1v) is 5.72. The van der Waals surface area contributed by atoms with Gasteiger partial charge in [0.2, 0.25) is 0 Å². The molecule has 0 aliphatic rings. The van der Waals surface area contributed by atoms with E-state index in [0.717, 1.165) is 6.42 Å². The van der Waals surface area contributed by atoms with Crippen molar-refractivity contribution in [3.8, 4) is 0 Å². The summed E-state index contributed by atoms with van der Waals surface area (Å²) in [5, 5.41) is 0. The van der Waals surface area contributed by atoms with Gasteiger partial charge in [0, 0.05) is 0 Å². The van der Waals surface area contributed by atoms with Crippen molar-refractivity contribution < 1.29 is 0 Å². The fourth-order valence-corrected chi connectivity index (χ4v) is 1.40. The van der Waals surface area contributed by atoms with Crippen molar-refractivity contribution in [1.29, 1.82) is 0 Å². The standard InChI is InChI=1S/C14H26/c1-6-7-8-10-13(2)11-9-12-14(3,4)5/h6-7,10H,8-9,11-12H2,1-5H3/b7-6+,13-10-. The van der Waals surface area contributed by atoms with Gasteiger partial charge in [-0.05, 0) is 44.9 Å². The second-order valence-corrected chi connectivity index (χ2v) is 5.27. The predicted octanol–water partition coefficient (Wildman–Crippen LogP) is 5.12. The molecule has 0 aliphatic heterocycles. The van der Waals surface area contributed by atoms with E-state index in [2.05, 4.69) is 52.8 Å². The minimum atomic E-state index is 0.490. The molecule has 0 nitrogen and oxygen atoms in total. The summed E-state index contributed by atoms with van der Waals surface area (Å²) in [5.41, 5.74) is 2.02. The Morgan fingerprint density at radius 3 is 2.36 bits per heavy atom. The maximum Gasteiger partial charge on any atom is -0.0167 e. The topological polar surface area (TPSA) is 0 Å². The third-order valence-corrected chi connectivity index (χ3v) is 2.34. The molecule has 0 aromatic heterocycles. The van der Waals surface area contributed by atoms with Crippen LogP contribution in [0.1, 0.15) is 60.3 Å². The van der Waals surface area contributed by atoms with E-state index in [0.29, 0.717) is 5.41 Å². The first-order valence-electron chi connectivity index (χ1n) is 5.72. The van der Waals surface area contributed by atoms with Crippen LogP contribution in [0, 0.1) is 5.41 Å². The van der Waals surface area contributed by atoms with Crippen molar-refractivity contribution in [2.75, 3.05) is 0 Å². The summed E-state index contributed by atoms with van der Waals surface area (Å²) in [6.07, 6.45) is 11.6. The molecule has 0 bridgehead atoms. The Labute approximate surface area is 90.1 Å². The van der Waals surface area contributed by atoms with Crippen LogP contribution in [0.5, 0.6) is 0 Å². The number of hydrogen-bond donors (Lipinski definition) is 0. The van der Waals surface area contributed by atoms with Crippen molar-refractivity contribution in [3.05, 3.63) is 23.8 Å². The van der Waals surface area contributed by atoms with Crippen molar-refractivity contribution in [2.24, 2.45) is 5.41 Å². The van der Waals surface area contributed by atoms with Crippen molar-refractivity contribution in [2.45, 2.75) is 60.3 Å². The molecular formula is C14H26. The highest BCUT2D eigenvalue weighted by atomic mass is 14.1. The molecule has 0 heteroatoms. The SMILES string of the molecule is C/C=C/C/C=C(/C)CCCC(C)(C)C. The zero-order chi connectivity index (χ0) is 11.0. The maximum absolute atomic E-state index is 2.34. The average Bonchev–Trinajstić information content (AvgIpc) is 2.02. The lowest BCUT2D eigenvalue weighted by Gasteiger charge is -2.17. The van der Waals surface area contributed by atoms with Gasteiger partial charge in [-0.25, -0.2) is 0 Å². The van der Waals surface area contributed by atoms with Crippen LogP contribution in [0.25, 0.3) is 0 Å². The number of rotatable bonds is 5. The van der Waals surface area contributed by atoms with Crippen LogP contribution in [0.2, 0.25) is 0 Å². The molecule has 0 fully saturated rings. The zero-order valence-electron chi connectivity index (χ0n) is 10.6. The van der Waals surface area contributed by atoms with Gasteiger partial charge in [0.25, 0.3) is 0 Å². The summed E-state index contributed by atoms with van der Waals surface area (Å²) in [6.45, 7) is 11.2. The Balaban J connectivity index is 3.63. The van der Waals surface area contributed by atoms with Crippen LogP contribution in [-0.4, -0.2) is 0 Å². The lowest BCUT2D eigenvalue weighted by molar-refractivity contribution is 0.365. The van der Waals surface area contributed by atoms with Gasteiger partial charge < -0.3 is 0 Å². The maximum atomic E-state index is 2.34.